The quantitative estimate of drug-likeness (QED) is 0.677. The van der Waals surface area contributed by atoms with Gasteiger partial charge in [-0.2, -0.15) is 0 Å². The van der Waals surface area contributed by atoms with Crippen LogP contribution in [0.2, 0.25) is 5.02 Å². The van der Waals surface area contributed by atoms with Gasteiger partial charge in [-0.25, -0.2) is 4.39 Å². The van der Waals surface area contributed by atoms with Gasteiger partial charge in [-0.05, 0) is 54.4 Å². The van der Waals surface area contributed by atoms with Gasteiger partial charge >= 0.3 is 0 Å². The maximum absolute atomic E-state index is 13.1. The van der Waals surface area contributed by atoms with Crippen molar-refractivity contribution in [3.8, 4) is 16.8 Å². The third-order valence-electron chi connectivity index (χ3n) is 3.52. The smallest absolute Gasteiger partial charge is 0.255 e. The molecule has 0 aliphatic heterocycles. The normalized spacial score (nSPS) is 10.7. The van der Waals surface area contributed by atoms with Crippen LogP contribution in [0.15, 0.2) is 65.6 Å². The lowest BCUT2D eigenvalue weighted by Gasteiger charge is -2.11. The molecule has 0 atom stereocenters. The maximum atomic E-state index is 13.1. The van der Waals surface area contributed by atoms with Crippen LogP contribution in [0.3, 0.4) is 0 Å². The highest BCUT2D eigenvalue weighted by Gasteiger charge is 2.08. The Morgan fingerprint density at radius 1 is 1.00 bits per heavy atom. The number of hydrogen-bond acceptors (Lipinski definition) is 1. The predicted octanol–water partition coefficient (Wildman–Crippen LogP) is 4.61. The molecule has 2 aromatic carbocycles. The molecule has 0 aliphatic carbocycles. The first-order valence-corrected chi connectivity index (χ1v) is 7.17. The summed E-state index contributed by atoms with van der Waals surface area (Å²) in [6, 6.07) is 14.8. The highest BCUT2D eigenvalue weighted by atomic mass is 35.5. The zero-order valence-corrected chi connectivity index (χ0v) is 12.6. The van der Waals surface area contributed by atoms with Crippen molar-refractivity contribution in [1.29, 1.82) is 0 Å². The van der Waals surface area contributed by atoms with Crippen LogP contribution in [-0.2, 0) is 0 Å². The molecule has 3 rings (SSSR count). The molecule has 1 aromatic heterocycles. The molecule has 0 fully saturated rings. The van der Waals surface area contributed by atoms with E-state index in [1.54, 1.807) is 53.2 Å². The lowest BCUT2D eigenvalue weighted by atomic mass is 10.0. The molecular formula is C18H13ClFNO. The number of aryl methyl sites for hydroxylation is 1. The monoisotopic (exact) mass is 313 g/mol. The average Bonchev–Trinajstić information content (AvgIpc) is 2.50. The van der Waals surface area contributed by atoms with Gasteiger partial charge < -0.3 is 0 Å². The van der Waals surface area contributed by atoms with Crippen LogP contribution in [-0.4, -0.2) is 4.57 Å². The number of pyridine rings is 1. The van der Waals surface area contributed by atoms with E-state index in [2.05, 4.69) is 0 Å². The molecule has 2 nitrogen and oxygen atoms in total. The van der Waals surface area contributed by atoms with Gasteiger partial charge in [-0.15, -0.1) is 0 Å². The Morgan fingerprint density at radius 2 is 1.64 bits per heavy atom. The lowest BCUT2D eigenvalue weighted by Crippen LogP contribution is -2.17. The van der Waals surface area contributed by atoms with E-state index in [4.69, 9.17) is 11.6 Å². The minimum absolute atomic E-state index is 0.120. The van der Waals surface area contributed by atoms with Gasteiger partial charge in [0.2, 0.25) is 0 Å². The van der Waals surface area contributed by atoms with Crippen molar-refractivity contribution in [3.63, 3.8) is 0 Å². The first-order chi connectivity index (χ1) is 10.5. The van der Waals surface area contributed by atoms with Crippen molar-refractivity contribution in [2.24, 2.45) is 0 Å². The summed E-state index contributed by atoms with van der Waals surface area (Å²) in [5.41, 5.74) is 3.21. The summed E-state index contributed by atoms with van der Waals surface area (Å²) in [6.07, 6.45) is 1.77. The molecule has 0 bridgehead atoms. The van der Waals surface area contributed by atoms with Crippen LogP contribution in [0.1, 0.15) is 5.56 Å². The molecule has 0 saturated carbocycles. The zero-order chi connectivity index (χ0) is 15.7. The molecule has 4 heteroatoms. The van der Waals surface area contributed by atoms with Crippen LogP contribution >= 0.6 is 11.6 Å². The fourth-order valence-electron chi connectivity index (χ4n) is 2.36. The Kier molecular flexibility index (Phi) is 3.82. The van der Waals surface area contributed by atoms with Crippen LogP contribution in [0, 0.1) is 12.7 Å². The molecule has 22 heavy (non-hydrogen) atoms. The second-order valence-corrected chi connectivity index (χ2v) is 5.50. The largest absolute Gasteiger partial charge is 0.284 e. The van der Waals surface area contributed by atoms with Crippen molar-refractivity contribution < 1.29 is 4.39 Å². The number of aromatic nitrogens is 1. The predicted molar refractivity (Wildman–Crippen MR) is 87.2 cm³/mol. The number of hydrogen-bond donors (Lipinski definition) is 0. The van der Waals surface area contributed by atoms with Crippen molar-refractivity contribution in [1.82, 2.24) is 4.57 Å². The van der Waals surface area contributed by atoms with E-state index in [0.29, 0.717) is 5.02 Å². The van der Waals surface area contributed by atoms with E-state index in [1.807, 2.05) is 6.92 Å². The van der Waals surface area contributed by atoms with Gasteiger partial charge in [0.1, 0.15) is 5.82 Å². The second-order valence-electron chi connectivity index (χ2n) is 5.06. The number of rotatable bonds is 2. The molecule has 0 saturated heterocycles. The van der Waals surface area contributed by atoms with Crippen molar-refractivity contribution in [3.05, 3.63) is 87.6 Å². The average molecular weight is 314 g/mol. The van der Waals surface area contributed by atoms with E-state index in [1.165, 1.54) is 12.1 Å². The third-order valence-corrected chi connectivity index (χ3v) is 3.77. The highest BCUT2D eigenvalue weighted by Crippen LogP contribution is 2.23. The van der Waals surface area contributed by atoms with Crippen LogP contribution in [0.5, 0.6) is 0 Å². The van der Waals surface area contributed by atoms with Gasteiger partial charge in [0.25, 0.3) is 5.56 Å². The fraction of sp³-hybridized carbons (Fsp3) is 0.0556. The standard InChI is InChI=1S/C18H13ClFNO/c1-12-10-18(22)21(16-8-4-14(19)5-9-16)11-17(12)13-2-6-15(20)7-3-13/h2-11H,1H3. The summed E-state index contributed by atoms with van der Waals surface area (Å²) in [6.45, 7) is 1.87. The summed E-state index contributed by atoms with van der Waals surface area (Å²) < 4.78 is 14.6. The Balaban J connectivity index is 2.16. The van der Waals surface area contributed by atoms with Gasteiger partial charge in [0.15, 0.2) is 0 Å². The second kappa shape index (κ2) is 5.78. The van der Waals surface area contributed by atoms with Crippen LogP contribution in [0.4, 0.5) is 4.39 Å². The maximum Gasteiger partial charge on any atom is 0.255 e. The molecule has 0 spiro atoms. The Morgan fingerprint density at radius 3 is 2.27 bits per heavy atom. The molecule has 0 amide bonds. The minimum Gasteiger partial charge on any atom is -0.284 e. The molecular weight excluding hydrogens is 301 g/mol. The van der Waals surface area contributed by atoms with E-state index >= 15 is 0 Å². The summed E-state index contributed by atoms with van der Waals surface area (Å²) >= 11 is 5.88. The molecule has 0 radical (unpaired) electrons. The first kappa shape index (κ1) is 14.5. The lowest BCUT2D eigenvalue weighted by molar-refractivity contribution is 0.628. The molecule has 0 aliphatic rings. The summed E-state index contributed by atoms with van der Waals surface area (Å²) in [5.74, 6) is -0.285. The van der Waals surface area contributed by atoms with Crippen molar-refractivity contribution in [2.45, 2.75) is 6.92 Å². The van der Waals surface area contributed by atoms with E-state index in [9.17, 15) is 9.18 Å². The first-order valence-electron chi connectivity index (χ1n) is 6.80. The Hall–Kier alpha value is -2.39. The fourth-order valence-corrected chi connectivity index (χ4v) is 2.49. The van der Waals surface area contributed by atoms with Crippen molar-refractivity contribution >= 4 is 11.6 Å². The molecule has 0 unspecified atom stereocenters. The van der Waals surface area contributed by atoms with Crippen molar-refractivity contribution in [2.75, 3.05) is 0 Å². The van der Waals surface area contributed by atoms with Gasteiger partial charge in [-0.1, -0.05) is 23.7 Å². The molecule has 1 heterocycles. The van der Waals surface area contributed by atoms with E-state index < -0.39 is 0 Å². The minimum atomic E-state index is -0.285. The zero-order valence-electron chi connectivity index (χ0n) is 11.9. The van der Waals surface area contributed by atoms with E-state index in [-0.39, 0.29) is 11.4 Å². The number of benzene rings is 2. The van der Waals surface area contributed by atoms with Crippen LogP contribution in [0.25, 0.3) is 16.8 Å². The van der Waals surface area contributed by atoms with E-state index in [0.717, 1.165) is 22.4 Å². The van der Waals surface area contributed by atoms with Crippen LogP contribution < -0.4 is 5.56 Å². The van der Waals surface area contributed by atoms with Gasteiger partial charge in [0, 0.05) is 28.5 Å². The molecule has 3 aromatic rings. The summed E-state index contributed by atoms with van der Waals surface area (Å²) in [4.78, 5) is 12.2. The number of nitrogens with zero attached hydrogens (tertiary/aromatic N) is 1. The van der Waals surface area contributed by atoms with Gasteiger partial charge in [0.05, 0.1) is 0 Å². The highest BCUT2D eigenvalue weighted by molar-refractivity contribution is 6.30. The SMILES string of the molecule is Cc1cc(=O)n(-c2ccc(Cl)cc2)cc1-c1ccc(F)cc1. The number of halogens is 2. The Labute approximate surface area is 132 Å². The summed E-state index contributed by atoms with van der Waals surface area (Å²) in [7, 11) is 0. The summed E-state index contributed by atoms with van der Waals surface area (Å²) in [5, 5.41) is 0.614. The molecule has 0 N–H and O–H groups in total. The third kappa shape index (κ3) is 2.81. The molecule has 110 valence electrons. The van der Waals surface area contributed by atoms with Gasteiger partial charge in [-0.3, -0.25) is 9.36 Å². The topological polar surface area (TPSA) is 22.0 Å². The Bertz CT molecular complexity index is 867.